The zero-order chi connectivity index (χ0) is 21.4. The fourth-order valence-electron chi connectivity index (χ4n) is 5.12. The molecule has 1 saturated heterocycles. The first-order chi connectivity index (χ1) is 15.1. The van der Waals surface area contributed by atoms with Crippen LogP contribution in [0.5, 0.6) is 0 Å². The summed E-state index contributed by atoms with van der Waals surface area (Å²) in [5.41, 5.74) is 3.71. The molecule has 1 fully saturated rings. The van der Waals surface area contributed by atoms with E-state index in [1.165, 1.54) is 16.8 Å². The van der Waals surface area contributed by atoms with Crippen LogP contribution in [-0.4, -0.2) is 43.7 Å². The first kappa shape index (κ1) is 20.7. The summed E-state index contributed by atoms with van der Waals surface area (Å²) in [5, 5.41) is 2.94. The molecule has 0 unspecified atom stereocenters. The lowest BCUT2D eigenvalue weighted by Crippen LogP contribution is -2.52. The van der Waals surface area contributed by atoms with Crippen LogP contribution in [0.25, 0.3) is 10.8 Å². The summed E-state index contributed by atoms with van der Waals surface area (Å²) in [6.07, 6.45) is 2.00. The number of rotatable bonds is 4. The molecule has 3 aromatic rings. The molecule has 2 aliphatic rings. The van der Waals surface area contributed by atoms with Gasteiger partial charge in [-0.2, -0.15) is 0 Å². The molecule has 5 heteroatoms. The van der Waals surface area contributed by atoms with Crippen LogP contribution in [0.15, 0.2) is 54.6 Å². The molecule has 0 radical (unpaired) electrons. The maximum Gasteiger partial charge on any atom is 0.123 e. The number of piperazine rings is 1. The van der Waals surface area contributed by atoms with E-state index < -0.39 is 0 Å². The van der Waals surface area contributed by atoms with E-state index >= 15 is 0 Å². The van der Waals surface area contributed by atoms with Gasteiger partial charge in [0.25, 0.3) is 0 Å². The standard InChI is InChI=1S/C26H28ClFN2O/c1-18-17-30(25-7-2-4-19-16-20(28)8-9-21(19)25)14-13-29(18)12-10-26-23-5-3-6-24(27)22(23)11-15-31-26/h2-9,16,18,26H,10-15,17H2,1H3/t18-,26+/m1/s1. The Bertz CT molecular complexity index is 1090. The van der Waals surface area contributed by atoms with E-state index in [1.54, 1.807) is 12.1 Å². The van der Waals surface area contributed by atoms with Crippen molar-refractivity contribution < 1.29 is 9.13 Å². The van der Waals surface area contributed by atoms with Crippen LogP contribution in [0, 0.1) is 5.82 Å². The quantitative estimate of drug-likeness (QED) is 0.508. The summed E-state index contributed by atoms with van der Waals surface area (Å²) in [6, 6.07) is 17.8. The van der Waals surface area contributed by atoms with E-state index in [4.69, 9.17) is 16.3 Å². The summed E-state index contributed by atoms with van der Waals surface area (Å²) < 4.78 is 19.7. The lowest BCUT2D eigenvalue weighted by Gasteiger charge is -2.42. The van der Waals surface area contributed by atoms with Gasteiger partial charge < -0.3 is 9.64 Å². The highest BCUT2D eigenvalue weighted by atomic mass is 35.5. The second-order valence-electron chi connectivity index (χ2n) is 8.68. The number of nitrogens with zero attached hydrogens (tertiary/aromatic N) is 2. The van der Waals surface area contributed by atoms with Crippen LogP contribution in [-0.2, 0) is 11.2 Å². The number of hydrogen-bond acceptors (Lipinski definition) is 3. The first-order valence-electron chi connectivity index (χ1n) is 11.2. The van der Waals surface area contributed by atoms with Crippen molar-refractivity contribution in [1.82, 2.24) is 4.90 Å². The maximum atomic E-state index is 13.6. The fraction of sp³-hybridized carbons (Fsp3) is 0.385. The molecular weight excluding hydrogens is 411 g/mol. The molecule has 0 amide bonds. The van der Waals surface area contributed by atoms with E-state index in [-0.39, 0.29) is 11.9 Å². The Hall–Kier alpha value is -2.14. The highest BCUT2D eigenvalue weighted by Gasteiger charge is 2.27. The number of halogens is 2. The topological polar surface area (TPSA) is 15.7 Å². The summed E-state index contributed by atoms with van der Waals surface area (Å²) in [6.45, 7) is 6.98. The van der Waals surface area contributed by atoms with Gasteiger partial charge in [0.1, 0.15) is 5.82 Å². The molecule has 0 saturated carbocycles. The molecular formula is C26H28ClFN2O. The van der Waals surface area contributed by atoms with E-state index in [1.807, 2.05) is 30.3 Å². The van der Waals surface area contributed by atoms with Crippen molar-refractivity contribution in [2.24, 2.45) is 0 Å². The average molecular weight is 439 g/mol. The third-order valence-electron chi connectivity index (χ3n) is 6.78. The Labute approximate surface area is 188 Å². The van der Waals surface area contributed by atoms with Crippen molar-refractivity contribution >= 4 is 28.1 Å². The minimum absolute atomic E-state index is 0.126. The Kier molecular flexibility index (Phi) is 5.87. The summed E-state index contributed by atoms with van der Waals surface area (Å²) >= 11 is 6.41. The van der Waals surface area contributed by atoms with Crippen molar-refractivity contribution in [2.45, 2.75) is 31.9 Å². The Balaban J connectivity index is 1.25. The monoisotopic (exact) mass is 438 g/mol. The Morgan fingerprint density at radius 1 is 1.10 bits per heavy atom. The lowest BCUT2D eigenvalue weighted by molar-refractivity contribution is 0.0255. The smallest absolute Gasteiger partial charge is 0.123 e. The van der Waals surface area contributed by atoms with E-state index in [9.17, 15) is 4.39 Å². The van der Waals surface area contributed by atoms with Gasteiger partial charge in [0, 0.05) is 48.3 Å². The van der Waals surface area contributed by atoms with E-state index in [0.717, 1.165) is 61.4 Å². The molecule has 31 heavy (non-hydrogen) atoms. The lowest BCUT2D eigenvalue weighted by atomic mass is 9.95. The van der Waals surface area contributed by atoms with Gasteiger partial charge in [0.05, 0.1) is 12.7 Å². The summed E-state index contributed by atoms with van der Waals surface area (Å²) in [4.78, 5) is 5.00. The molecule has 5 rings (SSSR count). The number of benzene rings is 3. The van der Waals surface area contributed by atoms with E-state index in [2.05, 4.69) is 28.9 Å². The van der Waals surface area contributed by atoms with Crippen LogP contribution in [0.3, 0.4) is 0 Å². The normalized spacial score (nSPS) is 22.0. The number of fused-ring (bicyclic) bond motifs is 2. The predicted molar refractivity (Wildman–Crippen MR) is 126 cm³/mol. The third kappa shape index (κ3) is 4.17. The van der Waals surface area contributed by atoms with Gasteiger partial charge in [0.15, 0.2) is 0 Å². The van der Waals surface area contributed by atoms with Gasteiger partial charge >= 0.3 is 0 Å². The van der Waals surface area contributed by atoms with Crippen LogP contribution < -0.4 is 4.90 Å². The summed E-state index contributed by atoms with van der Waals surface area (Å²) in [5.74, 6) is -0.185. The molecule has 2 aliphatic heterocycles. The second kappa shape index (κ2) is 8.78. The van der Waals surface area contributed by atoms with Crippen molar-refractivity contribution in [3.8, 4) is 0 Å². The Morgan fingerprint density at radius 3 is 2.84 bits per heavy atom. The highest BCUT2D eigenvalue weighted by molar-refractivity contribution is 6.31. The molecule has 2 heterocycles. The molecule has 0 aromatic heterocycles. The predicted octanol–water partition coefficient (Wildman–Crippen LogP) is 5.85. The largest absolute Gasteiger partial charge is 0.373 e. The van der Waals surface area contributed by atoms with Crippen molar-refractivity contribution in [2.75, 3.05) is 37.7 Å². The van der Waals surface area contributed by atoms with Gasteiger partial charge in [-0.1, -0.05) is 35.9 Å². The van der Waals surface area contributed by atoms with Gasteiger partial charge in [-0.05, 0) is 66.6 Å². The second-order valence-corrected chi connectivity index (χ2v) is 9.09. The van der Waals surface area contributed by atoms with Gasteiger partial charge in [0.2, 0.25) is 0 Å². The van der Waals surface area contributed by atoms with Gasteiger partial charge in [-0.25, -0.2) is 4.39 Å². The first-order valence-corrected chi connectivity index (χ1v) is 11.5. The molecule has 2 atom stereocenters. The van der Waals surface area contributed by atoms with Crippen molar-refractivity contribution in [3.05, 3.63) is 76.6 Å². The highest BCUT2D eigenvalue weighted by Crippen LogP contribution is 2.34. The maximum absolute atomic E-state index is 13.6. The molecule has 162 valence electrons. The number of ether oxygens (including phenoxy) is 1. The molecule has 0 bridgehead atoms. The number of anilines is 1. The molecule has 0 spiro atoms. The van der Waals surface area contributed by atoms with Crippen LogP contribution in [0.4, 0.5) is 10.1 Å². The number of hydrogen-bond donors (Lipinski definition) is 0. The third-order valence-corrected chi connectivity index (χ3v) is 7.13. The Morgan fingerprint density at radius 2 is 1.97 bits per heavy atom. The molecule has 3 nitrogen and oxygen atoms in total. The van der Waals surface area contributed by atoms with E-state index in [0.29, 0.717) is 6.04 Å². The minimum atomic E-state index is -0.185. The van der Waals surface area contributed by atoms with Gasteiger partial charge in [-0.15, -0.1) is 0 Å². The van der Waals surface area contributed by atoms with Crippen LogP contribution in [0.1, 0.15) is 30.6 Å². The van der Waals surface area contributed by atoms with Crippen LogP contribution in [0.2, 0.25) is 5.02 Å². The minimum Gasteiger partial charge on any atom is -0.373 e. The van der Waals surface area contributed by atoms with Gasteiger partial charge in [-0.3, -0.25) is 4.90 Å². The SMILES string of the molecule is C[C@@H]1CN(c2cccc3cc(F)ccc23)CCN1CC[C@@H]1OCCc2c(Cl)cccc21. The van der Waals surface area contributed by atoms with Crippen molar-refractivity contribution in [1.29, 1.82) is 0 Å². The summed E-state index contributed by atoms with van der Waals surface area (Å²) in [7, 11) is 0. The zero-order valence-electron chi connectivity index (χ0n) is 17.9. The van der Waals surface area contributed by atoms with Crippen molar-refractivity contribution in [3.63, 3.8) is 0 Å². The molecule has 3 aromatic carbocycles. The molecule has 0 N–H and O–H groups in total. The zero-order valence-corrected chi connectivity index (χ0v) is 18.6. The average Bonchev–Trinajstić information content (AvgIpc) is 2.78. The van der Waals surface area contributed by atoms with Crippen LogP contribution >= 0.6 is 11.6 Å². The fourth-order valence-corrected chi connectivity index (χ4v) is 5.39. The molecule has 0 aliphatic carbocycles.